The Hall–Kier alpha value is -3.15. The summed E-state index contributed by atoms with van der Waals surface area (Å²) < 4.78 is 74.5. The predicted molar refractivity (Wildman–Crippen MR) is 107 cm³/mol. The van der Waals surface area contributed by atoms with Crippen LogP contribution in [0.2, 0.25) is 5.02 Å². The Morgan fingerprint density at radius 3 is 2.27 bits per heavy atom. The molecule has 1 heterocycles. The van der Waals surface area contributed by atoms with Crippen LogP contribution in [0.15, 0.2) is 36.5 Å². The van der Waals surface area contributed by atoms with E-state index < -0.39 is 48.9 Å². The molecular weight excluding hydrogens is 477 g/mol. The lowest BCUT2D eigenvalue weighted by molar-refractivity contribution is -0.141. The fourth-order valence-electron chi connectivity index (χ4n) is 2.29. The number of nitrogens with zero attached hydrogens (tertiary/aromatic N) is 1. The van der Waals surface area contributed by atoms with Gasteiger partial charge >= 0.3 is 6.18 Å². The number of benzene rings is 1. The Kier molecular flexibility index (Phi) is 9.64. The van der Waals surface area contributed by atoms with Crippen LogP contribution in [0.25, 0.3) is 0 Å². The number of carbonyl (C=O) groups excluding carboxylic acids is 2. The van der Waals surface area contributed by atoms with Crippen LogP contribution in [0.3, 0.4) is 0 Å². The third-order valence-corrected chi connectivity index (χ3v) is 4.26. The maximum Gasteiger partial charge on any atom is 0.433 e. The van der Waals surface area contributed by atoms with Crippen molar-refractivity contribution in [3.05, 3.63) is 53.1 Å². The first-order valence-electron chi connectivity index (χ1n) is 9.46. The Labute approximate surface area is 190 Å². The highest BCUT2D eigenvalue weighted by Gasteiger charge is 2.32. The molecule has 7 nitrogen and oxygen atoms in total. The van der Waals surface area contributed by atoms with E-state index in [4.69, 9.17) is 21.1 Å². The summed E-state index contributed by atoms with van der Waals surface area (Å²) in [6.45, 7) is -1.35. The summed E-state index contributed by atoms with van der Waals surface area (Å²) in [5.41, 5.74) is -1.10. The van der Waals surface area contributed by atoms with Crippen molar-refractivity contribution in [1.82, 2.24) is 15.6 Å². The summed E-state index contributed by atoms with van der Waals surface area (Å²) in [6, 6.07) is 5.40. The molecule has 0 radical (unpaired) electrons. The Morgan fingerprint density at radius 2 is 1.67 bits per heavy atom. The summed E-state index contributed by atoms with van der Waals surface area (Å²) in [5.74, 6) is -1.89. The van der Waals surface area contributed by atoms with Crippen LogP contribution >= 0.6 is 11.6 Å². The summed E-state index contributed by atoms with van der Waals surface area (Å²) >= 11 is 5.54. The van der Waals surface area contributed by atoms with Crippen molar-refractivity contribution in [3.63, 3.8) is 0 Å². The van der Waals surface area contributed by atoms with E-state index in [0.717, 1.165) is 18.3 Å². The fraction of sp³-hybridized carbons (Fsp3) is 0.350. The topological polar surface area (TPSA) is 89.6 Å². The van der Waals surface area contributed by atoms with E-state index in [0.29, 0.717) is 6.07 Å². The Balaban J connectivity index is 1.58. The molecule has 13 heteroatoms. The van der Waals surface area contributed by atoms with Crippen molar-refractivity contribution in [3.8, 4) is 11.5 Å². The summed E-state index contributed by atoms with van der Waals surface area (Å²) in [6.07, 6.45) is -5.35. The van der Waals surface area contributed by atoms with Gasteiger partial charge in [-0.25, -0.2) is 13.8 Å². The summed E-state index contributed by atoms with van der Waals surface area (Å²) in [4.78, 5) is 26.5. The highest BCUT2D eigenvalue weighted by Crippen LogP contribution is 2.28. The minimum atomic E-state index is -4.59. The van der Waals surface area contributed by atoms with Crippen LogP contribution in [-0.4, -0.2) is 49.3 Å². The van der Waals surface area contributed by atoms with E-state index in [9.17, 15) is 31.5 Å². The van der Waals surface area contributed by atoms with Gasteiger partial charge in [0.15, 0.2) is 13.2 Å². The van der Waals surface area contributed by atoms with Crippen LogP contribution in [0.5, 0.6) is 11.5 Å². The van der Waals surface area contributed by atoms with Gasteiger partial charge < -0.3 is 20.1 Å². The van der Waals surface area contributed by atoms with Gasteiger partial charge in [0.25, 0.3) is 11.8 Å². The number of halogens is 6. The van der Waals surface area contributed by atoms with Gasteiger partial charge in [0.05, 0.1) is 11.2 Å². The van der Waals surface area contributed by atoms with Crippen LogP contribution in [-0.2, 0) is 15.8 Å². The molecule has 0 bridgehead atoms. The van der Waals surface area contributed by atoms with Crippen molar-refractivity contribution in [2.45, 2.75) is 18.8 Å². The van der Waals surface area contributed by atoms with Crippen molar-refractivity contribution in [1.29, 1.82) is 0 Å². The number of aromatic nitrogens is 1. The third kappa shape index (κ3) is 9.48. The molecule has 0 aliphatic carbocycles. The number of carbonyl (C=O) groups is 2. The molecule has 1 aromatic carbocycles. The Bertz CT molecular complexity index is 944. The molecule has 2 amide bonds. The zero-order valence-electron chi connectivity index (χ0n) is 16.9. The van der Waals surface area contributed by atoms with Gasteiger partial charge in [-0.2, -0.15) is 13.2 Å². The average Bonchev–Trinajstić information content (AvgIpc) is 2.76. The van der Waals surface area contributed by atoms with Gasteiger partial charge in [0, 0.05) is 19.2 Å². The van der Waals surface area contributed by atoms with Gasteiger partial charge in [-0.1, -0.05) is 11.6 Å². The first-order valence-corrected chi connectivity index (χ1v) is 9.83. The van der Waals surface area contributed by atoms with Gasteiger partial charge in [-0.15, -0.1) is 0 Å². The number of hydrogen-bond donors (Lipinski definition) is 2. The first-order chi connectivity index (χ1) is 15.5. The average molecular weight is 496 g/mol. The van der Waals surface area contributed by atoms with Gasteiger partial charge in [-0.3, -0.25) is 9.59 Å². The minimum Gasteiger partial charge on any atom is -0.484 e. The van der Waals surface area contributed by atoms with E-state index >= 15 is 0 Å². The third-order valence-electron chi connectivity index (χ3n) is 3.96. The van der Waals surface area contributed by atoms with Gasteiger partial charge in [0.2, 0.25) is 0 Å². The lowest BCUT2D eigenvalue weighted by atomic mass is 10.2. The number of alkyl halides is 4. The molecule has 0 aliphatic rings. The molecule has 2 aromatic rings. The second-order valence-corrected chi connectivity index (χ2v) is 6.98. The number of nitrogens with one attached hydrogen (secondary N) is 2. The van der Waals surface area contributed by atoms with Crippen molar-refractivity contribution in [2.24, 2.45) is 0 Å². The molecule has 1 aromatic heterocycles. The molecule has 0 saturated carbocycles. The SMILES string of the molecule is O=C(COc1ccc(Cl)c(F)c1)NCCC(F)CNC(=O)COc1ccc(C(F)(F)F)nc1. The van der Waals surface area contributed by atoms with Crippen molar-refractivity contribution < 1.29 is 41.0 Å². The zero-order chi connectivity index (χ0) is 24.4. The predicted octanol–water partition coefficient (Wildman–Crippen LogP) is 3.31. The maximum absolute atomic E-state index is 13.9. The highest BCUT2D eigenvalue weighted by molar-refractivity contribution is 6.30. The molecule has 33 heavy (non-hydrogen) atoms. The molecule has 2 N–H and O–H groups in total. The normalized spacial score (nSPS) is 12.1. The number of amides is 2. The van der Waals surface area contributed by atoms with E-state index in [1.54, 1.807) is 0 Å². The molecule has 0 saturated heterocycles. The number of hydrogen-bond acceptors (Lipinski definition) is 5. The van der Waals surface area contributed by atoms with E-state index in [1.165, 1.54) is 12.1 Å². The van der Waals surface area contributed by atoms with Gasteiger partial charge in [0.1, 0.15) is 29.2 Å². The first kappa shape index (κ1) is 26.1. The number of rotatable bonds is 11. The molecule has 0 spiro atoms. The smallest absolute Gasteiger partial charge is 0.433 e. The van der Waals surface area contributed by atoms with Crippen LogP contribution in [0, 0.1) is 5.82 Å². The summed E-state index contributed by atoms with van der Waals surface area (Å²) in [5, 5.41) is 4.58. The largest absolute Gasteiger partial charge is 0.484 e. The lowest BCUT2D eigenvalue weighted by Crippen LogP contribution is -2.36. The quantitative estimate of drug-likeness (QED) is 0.467. The maximum atomic E-state index is 13.9. The lowest BCUT2D eigenvalue weighted by Gasteiger charge is -2.12. The van der Waals surface area contributed by atoms with E-state index in [2.05, 4.69) is 15.6 Å². The number of ether oxygens (including phenoxy) is 2. The van der Waals surface area contributed by atoms with Crippen LogP contribution in [0.1, 0.15) is 12.1 Å². The van der Waals surface area contributed by atoms with Crippen LogP contribution < -0.4 is 20.1 Å². The zero-order valence-corrected chi connectivity index (χ0v) is 17.7. The molecule has 1 unspecified atom stereocenters. The van der Waals surface area contributed by atoms with Crippen molar-refractivity contribution in [2.75, 3.05) is 26.3 Å². The standard InChI is InChI=1S/C20H19ClF5N3O4/c21-15-3-1-13(7-16(15)23)32-10-18(30)27-6-5-12(22)8-29-19(31)11-33-14-2-4-17(28-9-14)20(24,25)26/h1-4,7,9,12H,5-6,8,10-11H2,(H,27,30)(H,29,31). The Morgan fingerprint density at radius 1 is 1.03 bits per heavy atom. The monoisotopic (exact) mass is 495 g/mol. The van der Waals surface area contributed by atoms with E-state index in [1.807, 2.05) is 0 Å². The molecule has 180 valence electrons. The van der Waals surface area contributed by atoms with E-state index in [-0.39, 0.29) is 36.0 Å². The molecular formula is C20H19ClF5N3O4. The summed E-state index contributed by atoms with van der Waals surface area (Å²) in [7, 11) is 0. The van der Waals surface area contributed by atoms with Gasteiger partial charge in [-0.05, 0) is 30.7 Å². The molecule has 2 rings (SSSR count). The van der Waals surface area contributed by atoms with Crippen LogP contribution in [0.4, 0.5) is 22.0 Å². The number of pyridine rings is 1. The second-order valence-electron chi connectivity index (χ2n) is 6.57. The fourth-order valence-corrected chi connectivity index (χ4v) is 2.41. The molecule has 0 fully saturated rings. The molecule has 1 atom stereocenters. The highest BCUT2D eigenvalue weighted by atomic mass is 35.5. The molecule has 0 aliphatic heterocycles. The second kappa shape index (κ2) is 12.2. The minimum absolute atomic E-state index is 0.0397. The van der Waals surface area contributed by atoms with Crippen molar-refractivity contribution >= 4 is 23.4 Å².